The van der Waals surface area contributed by atoms with Crippen molar-refractivity contribution in [3.63, 3.8) is 0 Å². The predicted octanol–water partition coefficient (Wildman–Crippen LogP) is 4.09. The molecule has 3 aromatic rings. The van der Waals surface area contributed by atoms with Crippen molar-refractivity contribution in [1.29, 1.82) is 0 Å². The number of benzene rings is 2. The first-order chi connectivity index (χ1) is 11.0. The molecule has 0 radical (unpaired) electrons. The Kier molecular flexibility index (Phi) is 3.61. The van der Waals surface area contributed by atoms with Gasteiger partial charge in [0.1, 0.15) is 5.52 Å². The number of nitrogens with zero attached hydrogens (tertiary/aromatic N) is 3. The third-order valence-electron chi connectivity index (χ3n) is 3.42. The Morgan fingerprint density at radius 1 is 1.09 bits per heavy atom. The van der Waals surface area contributed by atoms with Gasteiger partial charge >= 0.3 is 0 Å². The Morgan fingerprint density at radius 3 is 2.52 bits per heavy atom. The topological polar surface area (TPSA) is 78.2 Å². The predicted molar refractivity (Wildman–Crippen MR) is 82.1 cm³/mol. The number of hydrogen-bond donors (Lipinski definition) is 0. The summed E-state index contributed by atoms with van der Waals surface area (Å²) in [5.41, 5.74) is 2.36. The minimum Gasteiger partial charge on any atom is -0.452 e. The van der Waals surface area contributed by atoms with Crippen molar-refractivity contribution in [2.24, 2.45) is 0 Å². The molecule has 0 fully saturated rings. The fourth-order valence-corrected chi connectivity index (χ4v) is 2.11. The van der Waals surface area contributed by atoms with Crippen LogP contribution in [-0.4, -0.2) is 14.9 Å². The van der Waals surface area contributed by atoms with Crippen LogP contribution in [0.15, 0.2) is 36.4 Å². The fraction of sp³-hybridized carbons (Fsp3) is 0.125. The van der Waals surface area contributed by atoms with Gasteiger partial charge in [-0.2, -0.15) is 0 Å². The number of halogens is 1. The molecule has 0 spiro atoms. The minimum atomic E-state index is -0.812. The highest BCUT2D eigenvalue weighted by molar-refractivity contribution is 5.81. The molecule has 3 rings (SSSR count). The van der Waals surface area contributed by atoms with Gasteiger partial charge in [0.2, 0.25) is 0 Å². The highest BCUT2D eigenvalue weighted by Gasteiger charge is 2.14. The quantitative estimate of drug-likeness (QED) is 0.537. The van der Waals surface area contributed by atoms with Gasteiger partial charge in [0.15, 0.2) is 17.3 Å². The zero-order valence-electron chi connectivity index (χ0n) is 12.4. The highest BCUT2D eigenvalue weighted by atomic mass is 19.1. The number of ether oxygens (including phenoxy) is 1. The lowest BCUT2D eigenvalue weighted by Crippen LogP contribution is -1.97. The lowest BCUT2D eigenvalue weighted by atomic mass is 10.2. The first-order valence-corrected chi connectivity index (χ1v) is 6.81. The molecule has 0 saturated heterocycles. The van der Waals surface area contributed by atoms with Crippen LogP contribution in [0.2, 0.25) is 0 Å². The lowest BCUT2D eigenvalue weighted by Gasteiger charge is -2.10. The molecule has 0 amide bonds. The van der Waals surface area contributed by atoms with E-state index in [1.165, 1.54) is 12.1 Å². The minimum absolute atomic E-state index is 0.108. The van der Waals surface area contributed by atoms with Gasteiger partial charge in [-0.05, 0) is 32.0 Å². The molecule has 0 aliphatic heterocycles. The van der Waals surface area contributed by atoms with Crippen molar-refractivity contribution >= 4 is 16.7 Å². The van der Waals surface area contributed by atoms with E-state index in [9.17, 15) is 14.5 Å². The molecule has 116 valence electrons. The summed E-state index contributed by atoms with van der Waals surface area (Å²) in [4.78, 5) is 18.8. The van der Waals surface area contributed by atoms with E-state index in [2.05, 4.69) is 9.97 Å². The van der Waals surface area contributed by atoms with Crippen LogP contribution in [0.25, 0.3) is 11.0 Å². The summed E-state index contributed by atoms with van der Waals surface area (Å²) in [6.07, 6.45) is 0. The van der Waals surface area contributed by atoms with Crippen molar-refractivity contribution in [2.45, 2.75) is 13.8 Å². The van der Waals surface area contributed by atoms with Crippen molar-refractivity contribution in [1.82, 2.24) is 9.97 Å². The van der Waals surface area contributed by atoms with Crippen LogP contribution in [0.3, 0.4) is 0 Å². The zero-order valence-corrected chi connectivity index (χ0v) is 12.4. The molecular formula is C16H12FN3O3. The molecular weight excluding hydrogens is 301 g/mol. The Hall–Kier alpha value is -3.09. The SMILES string of the molecule is Cc1nc2cccc(Oc3ccc([N+](=O)[O-])cc3F)c2nc1C. The van der Waals surface area contributed by atoms with E-state index in [4.69, 9.17) is 4.74 Å². The summed E-state index contributed by atoms with van der Waals surface area (Å²) in [7, 11) is 0. The summed E-state index contributed by atoms with van der Waals surface area (Å²) in [6.45, 7) is 3.68. The van der Waals surface area contributed by atoms with Crippen molar-refractivity contribution < 1.29 is 14.1 Å². The third-order valence-corrected chi connectivity index (χ3v) is 3.42. The molecule has 2 aromatic carbocycles. The maximum atomic E-state index is 14.0. The normalized spacial score (nSPS) is 10.7. The molecule has 6 nitrogen and oxygen atoms in total. The van der Waals surface area contributed by atoms with E-state index in [0.29, 0.717) is 16.8 Å². The van der Waals surface area contributed by atoms with Crippen LogP contribution >= 0.6 is 0 Å². The number of hydrogen-bond acceptors (Lipinski definition) is 5. The van der Waals surface area contributed by atoms with Gasteiger partial charge in [-0.1, -0.05) is 6.07 Å². The monoisotopic (exact) mass is 313 g/mol. The zero-order chi connectivity index (χ0) is 16.6. The van der Waals surface area contributed by atoms with E-state index >= 15 is 0 Å². The number of fused-ring (bicyclic) bond motifs is 1. The summed E-state index contributed by atoms with van der Waals surface area (Å²) in [5, 5.41) is 10.6. The number of non-ortho nitro benzene ring substituents is 1. The molecule has 7 heteroatoms. The van der Waals surface area contributed by atoms with E-state index < -0.39 is 10.7 Å². The maximum absolute atomic E-state index is 14.0. The number of para-hydroxylation sites is 1. The molecule has 23 heavy (non-hydrogen) atoms. The first kappa shape index (κ1) is 14.8. The molecule has 0 aliphatic carbocycles. The molecule has 0 aliphatic rings. The van der Waals surface area contributed by atoms with Crippen LogP contribution in [-0.2, 0) is 0 Å². The second-order valence-corrected chi connectivity index (χ2v) is 4.99. The lowest BCUT2D eigenvalue weighted by molar-refractivity contribution is -0.385. The van der Waals surface area contributed by atoms with Crippen LogP contribution in [0.1, 0.15) is 11.4 Å². The average Bonchev–Trinajstić information content (AvgIpc) is 2.51. The number of nitro groups is 1. The molecule has 0 saturated carbocycles. The number of aromatic nitrogens is 2. The number of rotatable bonds is 3. The largest absolute Gasteiger partial charge is 0.452 e. The second-order valence-electron chi connectivity index (χ2n) is 4.99. The van der Waals surface area contributed by atoms with Crippen LogP contribution in [0.4, 0.5) is 10.1 Å². The Bertz CT molecular complexity index is 928. The Balaban J connectivity index is 2.05. The van der Waals surface area contributed by atoms with Gasteiger partial charge in [0, 0.05) is 6.07 Å². The molecule has 0 unspecified atom stereocenters. The van der Waals surface area contributed by atoms with Crippen molar-refractivity contribution in [2.75, 3.05) is 0 Å². The standard InChI is InChI=1S/C16H12FN3O3/c1-9-10(2)19-16-13(18-9)4-3-5-15(16)23-14-7-6-11(20(21)22)8-12(14)17/h3-8H,1-2H3. The first-order valence-electron chi connectivity index (χ1n) is 6.81. The molecule has 0 atom stereocenters. The fourth-order valence-electron chi connectivity index (χ4n) is 2.11. The summed E-state index contributed by atoms with van der Waals surface area (Å²) >= 11 is 0. The van der Waals surface area contributed by atoms with E-state index in [1.54, 1.807) is 18.2 Å². The summed E-state index contributed by atoms with van der Waals surface area (Å²) in [6, 6.07) is 8.39. The number of nitro benzene ring substituents is 1. The molecule has 0 N–H and O–H groups in total. The van der Waals surface area contributed by atoms with Gasteiger partial charge in [0.25, 0.3) is 5.69 Å². The molecule has 1 heterocycles. The number of aryl methyl sites for hydroxylation is 2. The van der Waals surface area contributed by atoms with E-state index in [0.717, 1.165) is 17.5 Å². The summed E-state index contributed by atoms with van der Waals surface area (Å²) in [5.74, 6) is -0.582. The van der Waals surface area contributed by atoms with Gasteiger partial charge < -0.3 is 4.74 Å². The van der Waals surface area contributed by atoms with Crippen LogP contribution in [0.5, 0.6) is 11.5 Å². The second kappa shape index (κ2) is 5.60. The third kappa shape index (κ3) is 2.80. The molecule has 1 aromatic heterocycles. The average molecular weight is 313 g/mol. The highest BCUT2D eigenvalue weighted by Crippen LogP contribution is 2.31. The van der Waals surface area contributed by atoms with Gasteiger partial charge in [-0.15, -0.1) is 0 Å². The van der Waals surface area contributed by atoms with Gasteiger partial charge in [-0.3, -0.25) is 10.1 Å². The van der Waals surface area contributed by atoms with Gasteiger partial charge in [-0.25, -0.2) is 14.4 Å². The van der Waals surface area contributed by atoms with Crippen molar-refractivity contribution in [3.05, 3.63) is 63.7 Å². The van der Waals surface area contributed by atoms with Crippen molar-refractivity contribution in [3.8, 4) is 11.5 Å². The smallest absolute Gasteiger partial charge is 0.272 e. The Morgan fingerprint density at radius 2 is 1.83 bits per heavy atom. The van der Waals surface area contributed by atoms with Gasteiger partial charge in [0.05, 0.1) is 27.9 Å². The maximum Gasteiger partial charge on any atom is 0.272 e. The van der Waals surface area contributed by atoms with Crippen LogP contribution in [0, 0.1) is 29.8 Å². The van der Waals surface area contributed by atoms with E-state index in [-0.39, 0.29) is 11.4 Å². The molecule has 0 bridgehead atoms. The summed E-state index contributed by atoms with van der Waals surface area (Å²) < 4.78 is 19.5. The Labute approximate surface area is 130 Å². The van der Waals surface area contributed by atoms with Crippen LogP contribution < -0.4 is 4.74 Å². The van der Waals surface area contributed by atoms with E-state index in [1.807, 2.05) is 13.8 Å².